The zero-order chi connectivity index (χ0) is 16.5. The lowest BCUT2D eigenvalue weighted by Crippen LogP contribution is -3.00. The second kappa shape index (κ2) is 18.5. The van der Waals surface area contributed by atoms with E-state index in [1.807, 2.05) is 0 Å². The van der Waals surface area contributed by atoms with Crippen LogP contribution in [0.3, 0.4) is 0 Å². The van der Waals surface area contributed by atoms with Crippen LogP contribution in [0.4, 0.5) is 0 Å². The lowest BCUT2D eigenvalue weighted by atomic mass is 10.1. The van der Waals surface area contributed by atoms with Gasteiger partial charge in [0.2, 0.25) is 0 Å². The van der Waals surface area contributed by atoms with Gasteiger partial charge in [-0.25, -0.2) is 0 Å². The molecular weight excluding hydrogens is 306 g/mol. The molecule has 0 aromatic rings. The molecule has 0 amide bonds. The Kier molecular flexibility index (Phi) is 20.5. The molecule has 0 aliphatic heterocycles. The Morgan fingerprint density at radius 1 is 0.522 bits per heavy atom. The van der Waals surface area contributed by atoms with E-state index in [4.69, 9.17) is 0 Å². The number of aliphatic hydroxyl groups excluding tert-OH is 1. The molecule has 0 bridgehead atoms. The van der Waals surface area contributed by atoms with E-state index in [2.05, 4.69) is 20.8 Å². The van der Waals surface area contributed by atoms with Crippen LogP contribution in [0, 0.1) is 0 Å². The summed E-state index contributed by atoms with van der Waals surface area (Å²) >= 11 is 0. The predicted octanol–water partition coefficient (Wildman–Crippen LogP) is 2.54. The van der Waals surface area contributed by atoms with Crippen LogP contribution in [0.5, 0.6) is 0 Å². The van der Waals surface area contributed by atoms with Crippen molar-refractivity contribution >= 4 is 0 Å². The third-order valence-corrected chi connectivity index (χ3v) is 5.00. The molecule has 0 aromatic heterocycles. The van der Waals surface area contributed by atoms with Crippen LogP contribution < -0.4 is 12.4 Å². The van der Waals surface area contributed by atoms with Gasteiger partial charge in [0.1, 0.15) is 0 Å². The van der Waals surface area contributed by atoms with Gasteiger partial charge in [-0.3, -0.25) is 0 Å². The van der Waals surface area contributed by atoms with Gasteiger partial charge in [0.25, 0.3) is 0 Å². The fourth-order valence-corrected chi connectivity index (χ4v) is 3.52. The van der Waals surface area contributed by atoms with Crippen molar-refractivity contribution in [3.8, 4) is 0 Å². The van der Waals surface area contributed by atoms with E-state index in [-0.39, 0.29) is 12.4 Å². The van der Waals surface area contributed by atoms with Crippen LogP contribution in [0.15, 0.2) is 0 Å². The van der Waals surface area contributed by atoms with E-state index in [0.717, 1.165) is 6.42 Å². The highest BCUT2D eigenvalue weighted by Gasteiger charge is 2.25. The van der Waals surface area contributed by atoms with E-state index < -0.39 is 0 Å². The van der Waals surface area contributed by atoms with Gasteiger partial charge in [-0.2, -0.15) is 0 Å². The SMILES string of the molecule is CCCCCC[N+](CCCO)(CCCCC)CCCCCC.[Cl-]. The van der Waals surface area contributed by atoms with E-state index >= 15 is 0 Å². The molecule has 2 nitrogen and oxygen atoms in total. The van der Waals surface area contributed by atoms with Crippen molar-refractivity contribution in [1.29, 1.82) is 0 Å². The Bertz CT molecular complexity index is 212. The van der Waals surface area contributed by atoms with Crippen molar-refractivity contribution < 1.29 is 22.0 Å². The zero-order valence-electron chi connectivity index (χ0n) is 16.3. The maximum atomic E-state index is 9.31. The van der Waals surface area contributed by atoms with Crippen LogP contribution in [0.25, 0.3) is 0 Å². The Balaban J connectivity index is 0. The number of unbranched alkanes of at least 4 members (excludes halogenated alkanes) is 8. The summed E-state index contributed by atoms with van der Waals surface area (Å²) in [5, 5.41) is 9.31. The summed E-state index contributed by atoms with van der Waals surface area (Å²) in [4.78, 5) is 0. The monoisotopic (exact) mass is 349 g/mol. The van der Waals surface area contributed by atoms with Gasteiger partial charge in [-0.1, -0.05) is 52.9 Å². The predicted molar refractivity (Wildman–Crippen MR) is 99.2 cm³/mol. The first-order valence-corrected chi connectivity index (χ1v) is 10.2. The van der Waals surface area contributed by atoms with Gasteiger partial charge in [-0.15, -0.1) is 0 Å². The molecule has 142 valence electrons. The van der Waals surface area contributed by atoms with Crippen LogP contribution in [-0.4, -0.2) is 42.4 Å². The van der Waals surface area contributed by atoms with Crippen LogP contribution in [-0.2, 0) is 0 Å². The third kappa shape index (κ3) is 14.3. The van der Waals surface area contributed by atoms with E-state index in [0.29, 0.717) is 6.61 Å². The number of hydrogen-bond donors (Lipinski definition) is 1. The maximum Gasteiger partial charge on any atom is 0.0808 e. The molecule has 0 aliphatic carbocycles. The number of hydrogen-bond acceptors (Lipinski definition) is 1. The van der Waals surface area contributed by atoms with Crippen LogP contribution in [0.1, 0.15) is 97.8 Å². The molecule has 0 spiro atoms. The molecule has 0 atom stereocenters. The first-order chi connectivity index (χ1) is 10.7. The maximum absolute atomic E-state index is 9.31. The number of nitrogens with zero attached hydrogens (tertiary/aromatic N) is 1. The van der Waals surface area contributed by atoms with Gasteiger partial charge in [-0.05, 0) is 38.5 Å². The molecule has 0 aliphatic rings. The minimum Gasteiger partial charge on any atom is -1.00 e. The molecule has 3 heteroatoms. The summed E-state index contributed by atoms with van der Waals surface area (Å²) in [5.41, 5.74) is 0. The topological polar surface area (TPSA) is 20.2 Å². The van der Waals surface area contributed by atoms with Gasteiger partial charge < -0.3 is 22.0 Å². The molecule has 0 heterocycles. The minimum absolute atomic E-state index is 0. The summed E-state index contributed by atoms with van der Waals surface area (Å²) in [6.45, 7) is 12.5. The van der Waals surface area contributed by atoms with E-state index in [9.17, 15) is 5.11 Å². The summed E-state index contributed by atoms with van der Waals surface area (Å²) in [5.74, 6) is 0. The second-order valence-electron chi connectivity index (χ2n) is 7.14. The third-order valence-electron chi connectivity index (χ3n) is 5.00. The van der Waals surface area contributed by atoms with Crippen LogP contribution in [0.2, 0.25) is 0 Å². The normalized spacial score (nSPS) is 11.5. The van der Waals surface area contributed by atoms with Gasteiger partial charge in [0, 0.05) is 13.0 Å². The lowest BCUT2D eigenvalue weighted by Gasteiger charge is -2.39. The van der Waals surface area contributed by atoms with E-state index in [1.165, 1.54) is 101 Å². The molecule has 0 unspecified atom stereocenters. The first kappa shape index (κ1) is 25.5. The second-order valence-corrected chi connectivity index (χ2v) is 7.14. The molecule has 0 aromatic carbocycles. The van der Waals surface area contributed by atoms with Crippen LogP contribution >= 0.6 is 0 Å². The highest BCUT2D eigenvalue weighted by molar-refractivity contribution is 4.52. The highest BCUT2D eigenvalue weighted by atomic mass is 35.5. The molecule has 0 rings (SSSR count). The fraction of sp³-hybridized carbons (Fsp3) is 1.00. The Morgan fingerprint density at radius 3 is 1.26 bits per heavy atom. The minimum atomic E-state index is 0. The largest absolute Gasteiger partial charge is 1.00 e. The van der Waals surface area contributed by atoms with Crippen molar-refractivity contribution in [2.75, 3.05) is 32.8 Å². The number of halogens is 1. The zero-order valence-corrected chi connectivity index (χ0v) is 17.0. The Hall–Kier alpha value is 0.210. The summed E-state index contributed by atoms with van der Waals surface area (Å²) < 4.78 is 1.29. The summed E-state index contributed by atoms with van der Waals surface area (Å²) in [7, 11) is 0. The number of rotatable bonds is 17. The quantitative estimate of drug-likeness (QED) is 0.316. The molecule has 0 saturated carbocycles. The van der Waals surface area contributed by atoms with Gasteiger partial charge >= 0.3 is 0 Å². The van der Waals surface area contributed by atoms with Gasteiger partial charge in [0.15, 0.2) is 0 Å². The van der Waals surface area contributed by atoms with E-state index in [1.54, 1.807) is 0 Å². The van der Waals surface area contributed by atoms with Crippen molar-refractivity contribution in [2.45, 2.75) is 97.8 Å². The van der Waals surface area contributed by atoms with Crippen molar-refractivity contribution in [3.05, 3.63) is 0 Å². The first-order valence-electron chi connectivity index (χ1n) is 10.2. The van der Waals surface area contributed by atoms with Crippen molar-refractivity contribution in [1.82, 2.24) is 0 Å². The highest BCUT2D eigenvalue weighted by Crippen LogP contribution is 2.18. The molecule has 0 radical (unpaired) electrons. The molecule has 23 heavy (non-hydrogen) atoms. The molecular formula is C20H44ClNO. The average Bonchev–Trinajstić information content (AvgIpc) is 2.54. The van der Waals surface area contributed by atoms with Crippen molar-refractivity contribution in [3.63, 3.8) is 0 Å². The number of quaternary nitrogens is 1. The average molecular weight is 350 g/mol. The Morgan fingerprint density at radius 2 is 0.870 bits per heavy atom. The fourth-order valence-electron chi connectivity index (χ4n) is 3.52. The molecule has 1 N–H and O–H groups in total. The number of aliphatic hydroxyl groups is 1. The van der Waals surface area contributed by atoms with Gasteiger partial charge in [0.05, 0.1) is 26.2 Å². The van der Waals surface area contributed by atoms with Crippen molar-refractivity contribution in [2.24, 2.45) is 0 Å². The summed E-state index contributed by atoms with van der Waals surface area (Å²) in [6.07, 6.45) is 15.9. The molecule has 0 fully saturated rings. The standard InChI is InChI=1S/C20H44NO.ClH/c1-4-7-10-13-17-21(19-15-20-22,16-12-9-6-3)18-14-11-8-5-2;/h22H,4-20H2,1-3H3;1H/q+1;/p-1. The smallest absolute Gasteiger partial charge is 0.0808 e. The Labute approximate surface area is 153 Å². The molecule has 0 saturated heterocycles. The summed E-state index contributed by atoms with van der Waals surface area (Å²) in [6, 6.07) is 0. The lowest BCUT2D eigenvalue weighted by molar-refractivity contribution is -0.929.